The largest absolute Gasteiger partial charge is 0.497 e. The highest BCUT2D eigenvalue weighted by atomic mass is 16.5. The number of benzene rings is 1. The Labute approximate surface area is 151 Å². The molecular formula is C21H29N3O. The molecule has 1 saturated heterocycles. The van der Waals surface area contributed by atoms with Crippen LogP contribution in [0.3, 0.4) is 0 Å². The highest BCUT2D eigenvalue weighted by Crippen LogP contribution is 2.35. The second-order valence-corrected chi connectivity index (χ2v) is 7.09. The molecule has 1 unspecified atom stereocenters. The average molecular weight is 339 g/mol. The Morgan fingerprint density at radius 2 is 2.08 bits per heavy atom. The summed E-state index contributed by atoms with van der Waals surface area (Å²) in [4.78, 5) is 6.76. The number of nitrogens with one attached hydrogen (secondary N) is 1. The Morgan fingerprint density at radius 1 is 1.28 bits per heavy atom. The van der Waals surface area contributed by atoms with Gasteiger partial charge < -0.3 is 10.1 Å². The molecule has 4 heteroatoms. The minimum Gasteiger partial charge on any atom is -0.497 e. The molecule has 0 aliphatic carbocycles. The first kappa shape index (κ1) is 17.9. The Morgan fingerprint density at radius 3 is 2.76 bits per heavy atom. The van der Waals surface area contributed by atoms with Gasteiger partial charge in [0.1, 0.15) is 5.75 Å². The van der Waals surface area contributed by atoms with Gasteiger partial charge in [-0.1, -0.05) is 25.1 Å². The minimum atomic E-state index is 0.470. The van der Waals surface area contributed by atoms with Crippen molar-refractivity contribution in [1.29, 1.82) is 0 Å². The van der Waals surface area contributed by atoms with Crippen LogP contribution in [0, 0.1) is 5.92 Å². The van der Waals surface area contributed by atoms with Gasteiger partial charge in [-0.25, -0.2) is 0 Å². The van der Waals surface area contributed by atoms with Crippen molar-refractivity contribution in [2.75, 3.05) is 33.8 Å². The van der Waals surface area contributed by atoms with Crippen molar-refractivity contribution in [3.05, 3.63) is 59.9 Å². The maximum Gasteiger partial charge on any atom is 0.118 e. The molecule has 2 aromatic rings. The van der Waals surface area contributed by atoms with E-state index in [9.17, 15) is 0 Å². The molecule has 1 aromatic heterocycles. The molecule has 3 rings (SSSR count). The van der Waals surface area contributed by atoms with E-state index in [2.05, 4.69) is 47.4 Å². The van der Waals surface area contributed by atoms with Gasteiger partial charge in [-0.15, -0.1) is 0 Å². The first-order chi connectivity index (χ1) is 12.2. The molecular weight excluding hydrogens is 310 g/mol. The zero-order valence-electron chi connectivity index (χ0n) is 15.5. The molecule has 3 atom stereocenters. The molecule has 1 N–H and O–H groups in total. The van der Waals surface area contributed by atoms with Crippen LogP contribution in [0.4, 0.5) is 0 Å². The van der Waals surface area contributed by atoms with Crippen LogP contribution in [0.5, 0.6) is 5.75 Å². The molecule has 0 bridgehead atoms. The second-order valence-electron chi connectivity index (χ2n) is 7.09. The fourth-order valence-electron chi connectivity index (χ4n) is 3.85. The van der Waals surface area contributed by atoms with Gasteiger partial charge in [0.2, 0.25) is 0 Å². The van der Waals surface area contributed by atoms with Crippen molar-refractivity contribution in [3.8, 4) is 5.75 Å². The summed E-state index contributed by atoms with van der Waals surface area (Å²) in [5.41, 5.74) is 2.68. The van der Waals surface area contributed by atoms with Crippen molar-refractivity contribution in [2.45, 2.75) is 25.3 Å². The number of rotatable bonds is 7. The lowest BCUT2D eigenvalue weighted by Gasteiger charge is -2.26. The number of nitrogens with zero attached hydrogens (tertiary/aromatic N) is 2. The zero-order valence-corrected chi connectivity index (χ0v) is 15.5. The zero-order chi connectivity index (χ0) is 17.6. The van der Waals surface area contributed by atoms with E-state index in [-0.39, 0.29) is 0 Å². The number of pyridine rings is 1. The van der Waals surface area contributed by atoms with Gasteiger partial charge >= 0.3 is 0 Å². The van der Waals surface area contributed by atoms with E-state index in [1.165, 1.54) is 17.5 Å². The monoisotopic (exact) mass is 339 g/mol. The Hall–Kier alpha value is -1.91. The van der Waals surface area contributed by atoms with Gasteiger partial charge in [0.15, 0.2) is 0 Å². The van der Waals surface area contributed by atoms with Crippen LogP contribution in [-0.2, 0) is 0 Å². The third kappa shape index (κ3) is 4.39. The molecule has 25 heavy (non-hydrogen) atoms. The van der Waals surface area contributed by atoms with Gasteiger partial charge in [0, 0.05) is 25.0 Å². The Balaban J connectivity index is 1.53. The maximum atomic E-state index is 5.24. The predicted molar refractivity (Wildman–Crippen MR) is 102 cm³/mol. The van der Waals surface area contributed by atoms with Crippen LogP contribution < -0.4 is 10.1 Å². The van der Waals surface area contributed by atoms with Crippen molar-refractivity contribution >= 4 is 0 Å². The van der Waals surface area contributed by atoms with E-state index < -0.39 is 0 Å². The molecule has 1 fully saturated rings. The van der Waals surface area contributed by atoms with Crippen molar-refractivity contribution in [2.24, 2.45) is 5.92 Å². The number of aromatic nitrogens is 1. The third-order valence-corrected chi connectivity index (χ3v) is 5.34. The summed E-state index contributed by atoms with van der Waals surface area (Å²) in [5, 5.41) is 3.70. The molecule has 1 aliphatic heterocycles. The summed E-state index contributed by atoms with van der Waals surface area (Å²) < 4.78 is 5.24. The van der Waals surface area contributed by atoms with Crippen LogP contribution in [0.2, 0.25) is 0 Å². The highest BCUT2D eigenvalue weighted by Gasteiger charge is 2.32. The summed E-state index contributed by atoms with van der Waals surface area (Å²) in [6.45, 7) is 5.46. The topological polar surface area (TPSA) is 37.4 Å². The summed E-state index contributed by atoms with van der Waals surface area (Å²) >= 11 is 0. The van der Waals surface area contributed by atoms with Crippen molar-refractivity contribution in [3.63, 3.8) is 0 Å². The molecule has 0 spiro atoms. The van der Waals surface area contributed by atoms with E-state index >= 15 is 0 Å². The molecule has 0 radical (unpaired) electrons. The SMILES string of the molecule is COc1ccc(C(C)CNC[C@@H]2CCN(C)[C@H]2c2cccnc2)cc1. The van der Waals surface area contributed by atoms with Gasteiger partial charge in [0.25, 0.3) is 0 Å². The molecule has 1 aromatic carbocycles. The van der Waals surface area contributed by atoms with Crippen molar-refractivity contribution in [1.82, 2.24) is 15.2 Å². The van der Waals surface area contributed by atoms with E-state index in [0.29, 0.717) is 17.9 Å². The Bertz CT molecular complexity index is 644. The van der Waals surface area contributed by atoms with E-state index in [0.717, 1.165) is 25.4 Å². The maximum absolute atomic E-state index is 5.24. The summed E-state index contributed by atoms with van der Waals surface area (Å²) in [7, 11) is 3.93. The van der Waals surface area contributed by atoms with Gasteiger partial charge in [-0.3, -0.25) is 9.88 Å². The molecule has 4 nitrogen and oxygen atoms in total. The lowest BCUT2D eigenvalue weighted by Crippen LogP contribution is -2.30. The second kappa shape index (κ2) is 8.45. The average Bonchev–Trinajstić information content (AvgIpc) is 3.03. The van der Waals surface area contributed by atoms with Gasteiger partial charge in [-0.2, -0.15) is 0 Å². The van der Waals surface area contributed by atoms with Crippen LogP contribution in [-0.4, -0.2) is 43.7 Å². The molecule has 0 saturated carbocycles. The number of ether oxygens (including phenoxy) is 1. The van der Waals surface area contributed by atoms with E-state index in [1.807, 2.05) is 30.6 Å². The molecule has 0 amide bonds. The summed E-state index contributed by atoms with van der Waals surface area (Å²) in [6, 6.07) is 13.1. The van der Waals surface area contributed by atoms with Gasteiger partial charge in [0.05, 0.1) is 7.11 Å². The normalized spacial score (nSPS) is 22.0. The van der Waals surface area contributed by atoms with Crippen LogP contribution in [0.25, 0.3) is 0 Å². The van der Waals surface area contributed by atoms with Crippen molar-refractivity contribution < 1.29 is 4.74 Å². The summed E-state index contributed by atoms with van der Waals surface area (Å²) in [6.07, 6.45) is 5.10. The van der Waals surface area contributed by atoms with Crippen LogP contribution >= 0.6 is 0 Å². The smallest absolute Gasteiger partial charge is 0.118 e. The highest BCUT2D eigenvalue weighted by molar-refractivity contribution is 5.29. The predicted octanol–water partition coefficient (Wildman–Crippen LogP) is 3.48. The fourth-order valence-corrected chi connectivity index (χ4v) is 3.85. The fraction of sp³-hybridized carbons (Fsp3) is 0.476. The van der Waals surface area contributed by atoms with E-state index in [1.54, 1.807) is 7.11 Å². The lowest BCUT2D eigenvalue weighted by molar-refractivity contribution is 0.271. The third-order valence-electron chi connectivity index (χ3n) is 5.34. The molecule has 2 heterocycles. The number of methoxy groups -OCH3 is 1. The van der Waals surface area contributed by atoms with Crippen LogP contribution in [0.1, 0.15) is 36.4 Å². The first-order valence-corrected chi connectivity index (χ1v) is 9.14. The van der Waals surface area contributed by atoms with E-state index in [4.69, 9.17) is 4.74 Å². The quantitative estimate of drug-likeness (QED) is 0.838. The number of hydrogen-bond donors (Lipinski definition) is 1. The molecule has 1 aliphatic rings. The number of likely N-dealkylation sites (tertiary alicyclic amines) is 1. The first-order valence-electron chi connectivity index (χ1n) is 9.14. The Kier molecular flexibility index (Phi) is 6.05. The summed E-state index contributed by atoms with van der Waals surface area (Å²) in [5.74, 6) is 2.04. The van der Waals surface area contributed by atoms with Crippen LogP contribution in [0.15, 0.2) is 48.8 Å². The standard InChI is InChI=1S/C21H29N3O/c1-16(17-6-8-20(25-3)9-7-17)13-23-15-19-10-12-24(2)21(19)18-5-4-11-22-14-18/h4-9,11,14,16,19,21,23H,10,12-13,15H2,1-3H3/t16?,19-,21-/m0/s1. The van der Waals surface area contributed by atoms with Gasteiger partial charge in [-0.05, 0) is 67.7 Å². The lowest BCUT2D eigenvalue weighted by atomic mass is 9.94. The number of hydrogen-bond acceptors (Lipinski definition) is 4. The minimum absolute atomic E-state index is 0.470. The molecule has 134 valence electrons.